The second-order valence-corrected chi connectivity index (χ2v) is 8.88. The summed E-state index contributed by atoms with van der Waals surface area (Å²) in [5, 5.41) is 2.67. The third-order valence-corrected chi connectivity index (χ3v) is 5.89. The van der Waals surface area contributed by atoms with E-state index < -0.39 is 30.4 Å². The van der Waals surface area contributed by atoms with Crippen LogP contribution >= 0.6 is 15.9 Å². The number of halogens is 1. The number of hydrogen-bond acceptors (Lipinski definition) is 6. The van der Waals surface area contributed by atoms with Crippen molar-refractivity contribution in [1.29, 1.82) is 0 Å². The van der Waals surface area contributed by atoms with Gasteiger partial charge in [0.05, 0.1) is 17.6 Å². The SMILES string of the molecule is Cc1cc(NC(=O)COC(=O)[C@H]2CC(=O)N(c3ccc(C(=O)OC(C)C)cc3)C2)ccc1Br. The molecule has 2 aromatic rings. The Kier molecular flexibility index (Phi) is 7.86. The minimum Gasteiger partial charge on any atom is -0.459 e. The number of rotatable bonds is 7. The highest BCUT2D eigenvalue weighted by Crippen LogP contribution is 2.26. The number of amides is 2. The molecule has 0 spiro atoms. The Morgan fingerprint density at radius 1 is 1.15 bits per heavy atom. The average molecular weight is 517 g/mol. The van der Waals surface area contributed by atoms with E-state index in [9.17, 15) is 19.2 Å². The standard InChI is InChI=1S/C24H25BrN2O6/c1-14(2)33-24(31)16-4-7-19(8-5-16)27-12-17(11-22(27)29)23(30)32-13-21(28)26-18-6-9-20(25)15(3)10-18/h4-10,14,17H,11-13H2,1-3H3,(H,26,28)/t17-/m0/s1. The molecule has 1 N–H and O–H groups in total. The summed E-state index contributed by atoms with van der Waals surface area (Å²) in [7, 11) is 0. The van der Waals surface area contributed by atoms with E-state index in [1.165, 1.54) is 4.90 Å². The van der Waals surface area contributed by atoms with Gasteiger partial charge in [-0.3, -0.25) is 14.4 Å². The molecular weight excluding hydrogens is 492 g/mol. The summed E-state index contributed by atoms with van der Waals surface area (Å²) in [5.74, 6) is -2.42. The lowest BCUT2D eigenvalue weighted by atomic mass is 10.1. The van der Waals surface area contributed by atoms with Crippen molar-refractivity contribution in [3.8, 4) is 0 Å². The van der Waals surface area contributed by atoms with Crippen LogP contribution < -0.4 is 10.2 Å². The number of anilines is 2. The predicted molar refractivity (Wildman–Crippen MR) is 126 cm³/mol. The van der Waals surface area contributed by atoms with Crippen LogP contribution in [-0.2, 0) is 23.9 Å². The fraction of sp³-hybridized carbons (Fsp3) is 0.333. The quantitative estimate of drug-likeness (QED) is 0.560. The maximum atomic E-state index is 12.4. The molecule has 0 unspecified atom stereocenters. The molecule has 1 aliphatic rings. The number of carbonyl (C=O) groups excluding carboxylic acids is 4. The molecule has 2 amide bonds. The molecule has 1 aliphatic heterocycles. The predicted octanol–water partition coefficient (Wildman–Crippen LogP) is 3.86. The van der Waals surface area contributed by atoms with Crippen LogP contribution in [0.5, 0.6) is 0 Å². The van der Waals surface area contributed by atoms with Crippen LogP contribution in [0.1, 0.15) is 36.2 Å². The van der Waals surface area contributed by atoms with Gasteiger partial charge in [0.15, 0.2) is 6.61 Å². The van der Waals surface area contributed by atoms with E-state index in [-0.39, 0.29) is 25.0 Å². The van der Waals surface area contributed by atoms with Crippen LogP contribution in [0.15, 0.2) is 46.9 Å². The minimum absolute atomic E-state index is 0.0104. The van der Waals surface area contributed by atoms with Crippen LogP contribution in [0.25, 0.3) is 0 Å². The van der Waals surface area contributed by atoms with Gasteiger partial charge in [0.1, 0.15) is 0 Å². The molecular formula is C24H25BrN2O6. The van der Waals surface area contributed by atoms with Crippen molar-refractivity contribution in [3.63, 3.8) is 0 Å². The van der Waals surface area contributed by atoms with Crippen LogP contribution in [0.4, 0.5) is 11.4 Å². The number of nitrogens with one attached hydrogen (secondary N) is 1. The molecule has 1 saturated heterocycles. The van der Waals surface area contributed by atoms with E-state index >= 15 is 0 Å². The highest BCUT2D eigenvalue weighted by molar-refractivity contribution is 9.10. The van der Waals surface area contributed by atoms with Gasteiger partial charge in [-0.15, -0.1) is 0 Å². The second kappa shape index (κ2) is 10.6. The van der Waals surface area contributed by atoms with Gasteiger partial charge in [-0.1, -0.05) is 15.9 Å². The Bertz CT molecular complexity index is 1070. The summed E-state index contributed by atoms with van der Waals surface area (Å²) in [6.07, 6.45) is -0.242. The first kappa shape index (κ1) is 24.4. The summed E-state index contributed by atoms with van der Waals surface area (Å²) in [5.41, 5.74) is 2.50. The van der Waals surface area contributed by atoms with Crippen LogP contribution in [-0.4, -0.2) is 43.0 Å². The van der Waals surface area contributed by atoms with E-state index in [0.29, 0.717) is 16.9 Å². The normalized spacial score (nSPS) is 15.5. The van der Waals surface area contributed by atoms with Gasteiger partial charge in [0, 0.05) is 28.8 Å². The molecule has 33 heavy (non-hydrogen) atoms. The van der Waals surface area contributed by atoms with Gasteiger partial charge in [0.25, 0.3) is 5.91 Å². The summed E-state index contributed by atoms with van der Waals surface area (Å²) < 4.78 is 11.2. The zero-order valence-corrected chi connectivity index (χ0v) is 20.2. The summed E-state index contributed by atoms with van der Waals surface area (Å²) in [6, 6.07) is 11.8. The fourth-order valence-corrected chi connectivity index (χ4v) is 3.60. The van der Waals surface area contributed by atoms with Gasteiger partial charge >= 0.3 is 11.9 Å². The van der Waals surface area contributed by atoms with E-state index in [1.54, 1.807) is 50.2 Å². The Balaban J connectivity index is 1.52. The Labute approximate surface area is 200 Å². The van der Waals surface area contributed by atoms with Crippen molar-refractivity contribution in [2.75, 3.05) is 23.4 Å². The molecule has 0 radical (unpaired) electrons. The summed E-state index contributed by atoms with van der Waals surface area (Å²) in [6.45, 7) is 5.12. The van der Waals surface area contributed by atoms with Gasteiger partial charge in [-0.25, -0.2) is 4.79 Å². The second-order valence-electron chi connectivity index (χ2n) is 8.03. The molecule has 8 nitrogen and oxygen atoms in total. The Hall–Kier alpha value is -3.20. The summed E-state index contributed by atoms with van der Waals surface area (Å²) in [4.78, 5) is 50.4. The van der Waals surface area contributed by atoms with E-state index in [4.69, 9.17) is 9.47 Å². The van der Waals surface area contributed by atoms with Crippen LogP contribution in [0.2, 0.25) is 0 Å². The van der Waals surface area contributed by atoms with Crippen LogP contribution in [0.3, 0.4) is 0 Å². The van der Waals surface area contributed by atoms with Crippen molar-refractivity contribution in [1.82, 2.24) is 0 Å². The van der Waals surface area contributed by atoms with Crippen molar-refractivity contribution in [2.45, 2.75) is 33.3 Å². The highest BCUT2D eigenvalue weighted by Gasteiger charge is 2.36. The molecule has 2 aromatic carbocycles. The van der Waals surface area contributed by atoms with Crippen LogP contribution in [0, 0.1) is 12.8 Å². The number of hydrogen-bond donors (Lipinski definition) is 1. The molecule has 1 heterocycles. The molecule has 174 valence electrons. The van der Waals surface area contributed by atoms with Crippen molar-refractivity contribution < 1.29 is 28.7 Å². The smallest absolute Gasteiger partial charge is 0.338 e. The van der Waals surface area contributed by atoms with Gasteiger partial charge < -0.3 is 19.7 Å². The molecule has 3 rings (SSSR count). The monoisotopic (exact) mass is 516 g/mol. The maximum Gasteiger partial charge on any atom is 0.338 e. The number of benzene rings is 2. The molecule has 0 saturated carbocycles. The number of carbonyl (C=O) groups is 4. The maximum absolute atomic E-state index is 12.4. The molecule has 1 fully saturated rings. The first-order valence-electron chi connectivity index (χ1n) is 10.5. The highest BCUT2D eigenvalue weighted by atomic mass is 79.9. The number of aryl methyl sites for hydroxylation is 1. The molecule has 1 atom stereocenters. The van der Waals surface area contributed by atoms with Crippen molar-refractivity contribution in [3.05, 3.63) is 58.1 Å². The minimum atomic E-state index is -0.675. The number of ether oxygens (including phenoxy) is 2. The Morgan fingerprint density at radius 3 is 2.48 bits per heavy atom. The van der Waals surface area contributed by atoms with E-state index in [2.05, 4.69) is 21.2 Å². The fourth-order valence-electron chi connectivity index (χ4n) is 3.35. The zero-order chi connectivity index (χ0) is 24.1. The molecule has 0 aliphatic carbocycles. The molecule has 0 aromatic heterocycles. The lowest BCUT2D eigenvalue weighted by Gasteiger charge is -2.17. The summed E-state index contributed by atoms with van der Waals surface area (Å²) >= 11 is 3.39. The third kappa shape index (κ3) is 6.41. The first-order chi connectivity index (χ1) is 15.6. The average Bonchev–Trinajstić information content (AvgIpc) is 3.16. The largest absolute Gasteiger partial charge is 0.459 e. The third-order valence-electron chi connectivity index (χ3n) is 5.00. The lowest BCUT2D eigenvalue weighted by molar-refractivity contribution is -0.151. The molecule has 9 heteroatoms. The van der Waals surface area contributed by atoms with Gasteiger partial charge in [-0.2, -0.15) is 0 Å². The van der Waals surface area contributed by atoms with Crippen molar-refractivity contribution in [2.24, 2.45) is 5.92 Å². The zero-order valence-electron chi connectivity index (χ0n) is 18.6. The number of nitrogens with zero attached hydrogens (tertiary/aromatic N) is 1. The lowest BCUT2D eigenvalue weighted by Crippen LogP contribution is -2.28. The van der Waals surface area contributed by atoms with Gasteiger partial charge in [-0.05, 0) is 68.8 Å². The topological polar surface area (TPSA) is 102 Å². The molecule has 0 bridgehead atoms. The van der Waals surface area contributed by atoms with E-state index in [0.717, 1.165) is 10.0 Å². The number of esters is 2. The van der Waals surface area contributed by atoms with Gasteiger partial charge in [0.2, 0.25) is 5.91 Å². The Morgan fingerprint density at radius 2 is 1.85 bits per heavy atom. The van der Waals surface area contributed by atoms with Crippen molar-refractivity contribution >= 4 is 51.1 Å². The first-order valence-corrected chi connectivity index (χ1v) is 11.3. The van der Waals surface area contributed by atoms with E-state index in [1.807, 2.05) is 13.0 Å².